The molecular formula is C15H20O3. The van der Waals surface area contributed by atoms with Crippen molar-refractivity contribution in [3.63, 3.8) is 0 Å². The van der Waals surface area contributed by atoms with E-state index in [1.54, 1.807) is 25.3 Å². The van der Waals surface area contributed by atoms with Crippen molar-refractivity contribution in [3.05, 3.63) is 23.8 Å². The number of methoxy groups -OCH3 is 1. The van der Waals surface area contributed by atoms with Gasteiger partial charge in [0, 0.05) is 6.07 Å². The molecule has 0 radical (unpaired) electrons. The van der Waals surface area contributed by atoms with Crippen molar-refractivity contribution in [3.8, 4) is 11.5 Å². The molecule has 0 heterocycles. The zero-order chi connectivity index (χ0) is 13.0. The topological polar surface area (TPSA) is 35.5 Å². The average Bonchev–Trinajstić information content (AvgIpc) is 2.41. The van der Waals surface area contributed by atoms with Gasteiger partial charge in [-0.2, -0.15) is 0 Å². The van der Waals surface area contributed by atoms with Gasteiger partial charge in [0.2, 0.25) is 0 Å². The molecule has 1 aromatic rings. The molecule has 0 aromatic heterocycles. The van der Waals surface area contributed by atoms with Crippen molar-refractivity contribution in [1.29, 1.82) is 0 Å². The van der Waals surface area contributed by atoms with Gasteiger partial charge in [0.1, 0.15) is 11.5 Å². The highest BCUT2D eigenvalue weighted by atomic mass is 16.5. The lowest BCUT2D eigenvalue weighted by atomic mass is 9.89. The zero-order valence-electron chi connectivity index (χ0n) is 11.0. The first-order valence-corrected chi connectivity index (χ1v) is 6.52. The summed E-state index contributed by atoms with van der Waals surface area (Å²) >= 11 is 0. The van der Waals surface area contributed by atoms with E-state index < -0.39 is 0 Å². The summed E-state index contributed by atoms with van der Waals surface area (Å²) < 4.78 is 11.1. The summed E-state index contributed by atoms with van der Waals surface area (Å²) in [4.78, 5) is 11.0. The van der Waals surface area contributed by atoms with Gasteiger partial charge in [0.25, 0.3) is 0 Å². The summed E-state index contributed by atoms with van der Waals surface area (Å²) in [5.74, 6) is 2.16. The van der Waals surface area contributed by atoms with E-state index in [4.69, 9.17) is 9.47 Å². The second-order valence-corrected chi connectivity index (χ2v) is 5.02. The fourth-order valence-corrected chi connectivity index (χ4v) is 2.37. The molecule has 1 aliphatic carbocycles. The highest BCUT2D eigenvalue weighted by molar-refractivity contribution is 5.79. The molecule has 1 aromatic carbocycles. The molecule has 0 bridgehead atoms. The van der Waals surface area contributed by atoms with Gasteiger partial charge >= 0.3 is 0 Å². The fraction of sp³-hybridized carbons (Fsp3) is 0.533. The van der Waals surface area contributed by atoms with Gasteiger partial charge in [-0.15, -0.1) is 0 Å². The van der Waals surface area contributed by atoms with E-state index in [0.29, 0.717) is 11.3 Å². The average molecular weight is 248 g/mol. The van der Waals surface area contributed by atoms with Crippen LogP contribution in [0.2, 0.25) is 0 Å². The number of carbonyl (C=O) groups is 1. The Morgan fingerprint density at radius 2 is 1.94 bits per heavy atom. The third-order valence-electron chi connectivity index (χ3n) is 3.60. The van der Waals surface area contributed by atoms with Crippen LogP contribution in [0.25, 0.3) is 0 Å². The van der Waals surface area contributed by atoms with Crippen LogP contribution < -0.4 is 9.47 Å². The summed E-state index contributed by atoms with van der Waals surface area (Å²) in [7, 11) is 1.61. The maximum absolute atomic E-state index is 11.0. The Kier molecular flexibility index (Phi) is 4.24. The van der Waals surface area contributed by atoms with Gasteiger partial charge < -0.3 is 9.47 Å². The first-order valence-electron chi connectivity index (χ1n) is 6.52. The van der Waals surface area contributed by atoms with Crippen LogP contribution in [0.15, 0.2) is 18.2 Å². The van der Waals surface area contributed by atoms with E-state index in [1.807, 2.05) is 0 Å². The SMILES string of the molecule is COc1ccc(C=O)c(OC2CCC(C)CC2)c1. The molecule has 1 aliphatic rings. The maximum Gasteiger partial charge on any atom is 0.153 e. The summed E-state index contributed by atoms with van der Waals surface area (Å²) in [6.07, 6.45) is 5.59. The Morgan fingerprint density at radius 3 is 2.56 bits per heavy atom. The molecule has 0 amide bonds. The third kappa shape index (κ3) is 3.03. The van der Waals surface area contributed by atoms with E-state index >= 15 is 0 Å². The molecule has 0 N–H and O–H groups in total. The standard InChI is InChI=1S/C15H20O3/c1-11-3-6-13(7-4-11)18-15-9-14(17-2)8-5-12(15)10-16/h5,8-11,13H,3-4,6-7H2,1-2H3. The Labute approximate surface area is 108 Å². The molecular weight excluding hydrogens is 228 g/mol. The lowest BCUT2D eigenvalue weighted by Gasteiger charge is -2.27. The Bertz CT molecular complexity index is 406. The van der Waals surface area contributed by atoms with Gasteiger partial charge in [0.15, 0.2) is 6.29 Å². The van der Waals surface area contributed by atoms with E-state index in [0.717, 1.165) is 30.8 Å². The molecule has 0 aliphatic heterocycles. The number of carbonyl (C=O) groups excluding carboxylic acids is 1. The molecule has 0 unspecified atom stereocenters. The first kappa shape index (κ1) is 12.9. The van der Waals surface area contributed by atoms with Crippen LogP contribution in [-0.4, -0.2) is 19.5 Å². The van der Waals surface area contributed by atoms with Crippen molar-refractivity contribution in [2.24, 2.45) is 5.92 Å². The molecule has 3 nitrogen and oxygen atoms in total. The predicted molar refractivity (Wildman–Crippen MR) is 70.4 cm³/mol. The smallest absolute Gasteiger partial charge is 0.153 e. The molecule has 0 saturated heterocycles. The molecule has 0 atom stereocenters. The van der Waals surface area contributed by atoms with Crippen molar-refractivity contribution in [2.45, 2.75) is 38.7 Å². The lowest BCUT2D eigenvalue weighted by Crippen LogP contribution is -2.23. The minimum absolute atomic E-state index is 0.229. The monoisotopic (exact) mass is 248 g/mol. The normalized spacial score (nSPS) is 23.4. The zero-order valence-corrected chi connectivity index (χ0v) is 11.0. The number of benzene rings is 1. The van der Waals surface area contributed by atoms with Crippen molar-refractivity contribution in [1.82, 2.24) is 0 Å². The summed E-state index contributed by atoms with van der Waals surface area (Å²) in [5.41, 5.74) is 0.592. The predicted octanol–water partition coefficient (Wildman–Crippen LogP) is 3.47. The minimum atomic E-state index is 0.229. The second kappa shape index (κ2) is 5.89. The second-order valence-electron chi connectivity index (χ2n) is 5.02. The molecule has 0 spiro atoms. The highest BCUT2D eigenvalue weighted by Gasteiger charge is 2.20. The molecule has 18 heavy (non-hydrogen) atoms. The lowest BCUT2D eigenvalue weighted by molar-refractivity contribution is 0.110. The van der Waals surface area contributed by atoms with E-state index in [-0.39, 0.29) is 6.10 Å². The minimum Gasteiger partial charge on any atom is -0.497 e. The number of hydrogen-bond acceptors (Lipinski definition) is 3. The molecule has 1 saturated carbocycles. The molecule has 98 valence electrons. The highest BCUT2D eigenvalue weighted by Crippen LogP contribution is 2.30. The quantitative estimate of drug-likeness (QED) is 0.765. The maximum atomic E-state index is 11.0. The van der Waals surface area contributed by atoms with E-state index in [2.05, 4.69) is 6.92 Å². The van der Waals surface area contributed by atoms with E-state index in [1.165, 1.54) is 12.8 Å². The van der Waals surface area contributed by atoms with Crippen molar-refractivity contribution in [2.75, 3.05) is 7.11 Å². The Balaban J connectivity index is 2.09. The third-order valence-corrected chi connectivity index (χ3v) is 3.60. The van der Waals surface area contributed by atoms with Crippen LogP contribution in [0.3, 0.4) is 0 Å². The van der Waals surface area contributed by atoms with Crippen molar-refractivity contribution >= 4 is 6.29 Å². The van der Waals surface area contributed by atoms with Crippen LogP contribution in [-0.2, 0) is 0 Å². The summed E-state index contributed by atoms with van der Waals surface area (Å²) in [6.45, 7) is 2.28. The number of hydrogen-bond donors (Lipinski definition) is 0. The van der Waals surface area contributed by atoms with Crippen LogP contribution in [0.5, 0.6) is 11.5 Å². The number of aldehydes is 1. The molecule has 1 fully saturated rings. The van der Waals surface area contributed by atoms with Gasteiger partial charge in [-0.1, -0.05) is 6.92 Å². The van der Waals surface area contributed by atoms with Crippen LogP contribution in [0, 0.1) is 5.92 Å². The van der Waals surface area contributed by atoms with Gasteiger partial charge in [-0.25, -0.2) is 0 Å². The van der Waals surface area contributed by atoms with Crippen LogP contribution in [0.1, 0.15) is 43.0 Å². The number of rotatable bonds is 4. The van der Waals surface area contributed by atoms with Gasteiger partial charge in [-0.3, -0.25) is 4.79 Å². The summed E-state index contributed by atoms with van der Waals surface area (Å²) in [6, 6.07) is 5.31. The first-order chi connectivity index (χ1) is 8.72. The number of ether oxygens (including phenoxy) is 2. The van der Waals surface area contributed by atoms with Crippen molar-refractivity contribution < 1.29 is 14.3 Å². The molecule has 3 heteroatoms. The van der Waals surface area contributed by atoms with E-state index in [9.17, 15) is 4.79 Å². The van der Waals surface area contributed by atoms with Crippen LogP contribution in [0.4, 0.5) is 0 Å². The summed E-state index contributed by atoms with van der Waals surface area (Å²) in [5, 5.41) is 0. The van der Waals surface area contributed by atoms with Gasteiger partial charge in [0.05, 0.1) is 18.8 Å². The Hall–Kier alpha value is -1.51. The largest absolute Gasteiger partial charge is 0.497 e. The molecule has 2 rings (SSSR count). The fourth-order valence-electron chi connectivity index (χ4n) is 2.37. The van der Waals surface area contributed by atoms with Crippen LogP contribution >= 0.6 is 0 Å². The Morgan fingerprint density at radius 1 is 1.22 bits per heavy atom. The van der Waals surface area contributed by atoms with Gasteiger partial charge in [-0.05, 0) is 43.7 Å².